The van der Waals surface area contributed by atoms with E-state index < -0.39 is 46.8 Å². The highest BCUT2D eigenvalue weighted by Gasteiger charge is 2.70. The quantitative estimate of drug-likeness (QED) is 0.137. The molecule has 4 aromatic carbocycles. The summed E-state index contributed by atoms with van der Waals surface area (Å²) >= 11 is 16.2. The number of carbonyl (C=O) groups is 4. The topological polar surface area (TPSA) is 125 Å². The molecule has 1 saturated carbocycles. The van der Waals surface area contributed by atoms with Crippen molar-refractivity contribution in [2.75, 3.05) is 19.6 Å². The third-order valence-electron chi connectivity index (χ3n) is 11.5. The number of aromatic hydroxyl groups is 1. The second-order valence-corrected chi connectivity index (χ2v) is 15.7. The number of nitrogens with one attached hydrogen (secondary N) is 1. The first kappa shape index (κ1) is 36.2. The zero-order chi connectivity index (χ0) is 38.1. The monoisotopic (exact) mass is 829 g/mol. The number of ether oxygens (including phenoxy) is 2. The van der Waals surface area contributed by atoms with Gasteiger partial charge in [-0.1, -0.05) is 77.3 Å². The molecule has 10 nitrogen and oxygen atoms in total. The molecule has 2 heterocycles. The van der Waals surface area contributed by atoms with Crippen LogP contribution in [-0.4, -0.2) is 52.9 Å². The fourth-order valence-electron chi connectivity index (χ4n) is 9.12. The molecule has 0 bridgehead atoms. The lowest BCUT2D eigenvalue weighted by Gasteiger charge is -2.50. The van der Waals surface area contributed by atoms with Gasteiger partial charge in [-0.15, -0.1) is 0 Å². The Bertz CT molecular complexity index is 2250. The highest BCUT2D eigenvalue weighted by atomic mass is 79.9. The molecule has 13 heteroatoms. The van der Waals surface area contributed by atoms with Crippen molar-refractivity contribution in [1.82, 2.24) is 9.91 Å². The highest BCUT2D eigenvalue weighted by molar-refractivity contribution is 9.10. The van der Waals surface area contributed by atoms with Crippen molar-refractivity contribution < 1.29 is 33.8 Å². The molecule has 2 aliphatic heterocycles. The average Bonchev–Trinajstić information content (AvgIpc) is 3.54. The Morgan fingerprint density at radius 1 is 0.889 bits per heavy atom. The van der Waals surface area contributed by atoms with Crippen molar-refractivity contribution in [2.45, 2.75) is 30.7 Å². The van der Waals surface area contributed by atoms with Crippen molar-refractivity contribution in [1.29, 1.82) is 0 Å². The van der Waals surface area contributed by atoms with E-state index in [2.05, 4.69) is 21.4 Å². The number of amides is 4. The Morgan fingerprint density at radius 3 is 2.31 bits per heavy atom. The normalized spacial score (nSPS) is 25.9. The number of anilines is 1. The molecule has 276 valence electrons. The van der Waals surface area contributed by atoms with Gasteiger partial charge >= 0.3 is 0 Å². The van der Waals surface area contributed by atoms with Gasteiger partial charge in [-0.05, 0) is 93.8 Å². The van der Waals surface area contributed by atoms with Crippen LogP contribution in [0.4, 0.5) is 5.69 Å². The lowest BCUT2D eigenvalue weighted by Crippen LogP contribution is -2.53. The highest BCUT2D eigenvalue weighted by Crippen LogP contribution is 2.65. The number of hydrazine groups is 1. The number of likely N-dealkylation sites (tertiary alicyclic amines) is 1. The zero-order valence-electron chi connectivity index (χ0n) is 29.1. The first-order valence-electron chi connectivity index (χ1n) is 17.4. The summed E-state index contributed by atoms with van der Waals surface area (Å²) in [5.41, 5.74) is 4.43. The van der Waals surface area contributed by atoms with Gasteiger partial charge in [0.1, 0.15) is 5.75 Å². The Morgan fingerprint density at radius 2 is 1.63 bits per heavy atom. The van der Waals surface area contributed by atoms with Gasteiger partial charge in [-0.25, -0.2) is 0 Å². The van der Waals surface area contributed by atoms with Gasteiger partial charge in [0.05, 0.1) is 59.1 Å². The van der Waals surface area contributed by atoms with Gasteiger partial charge in [0.25, 0.3) is 11.8 Å². The number of rotatable bonds is 8. The lowest BCUT2D eigenvalue weighted by molar-refractivity contribution is -0.142. The predicted octanol–water partition coefficient (Wildman–Crippen LogP) is 7.66. The maximum Gasteiger partial charge on any atom is 0.260 e. The number of nitrogens with zero attached hydrogens (tertiary/aromatic N) is 2. The van der Waals surface area contributed by atoms with Crippen LogP contribution in [-0.2, 0) is 31.1 Å². The number of fused-ring (bicyclic) bond motifs is 4. The number of hydrogen-bond acceptors (Lipinski definition) is 8. The molecular weight excluding hydrogens is 797 g/mol. The zero-order valence-corrected chi connectivity index (χ0v) is 32.2. The van der Waals surface area contributed by atoms with Crippen LogP contribution in [0, 0.1) is 23.7 Å². The number of benzene rings is 4. The minimum atomic E-state index is -1.57. The molecule has 6 atom stereocenters. The number of imide groups is 2. The van der Waals surface area contributed by atoms with E-state index in [0.29, 0.717) is 32.1 Å². The van der Waals surface area contributed by atoms with Gasteiger partial charge in [0, 0.05) is 10.9 Å². The second kappa shape index (κ2) is 13.8. The summed E-state index contributed by atoms with van der Waals surface area (Å²) in [6.07, 6.45) is 2.36. The van der Waals surface area contributed by atoms with E-state index in [1.165, 1.54) is 18.1 Å². The fraction of sp³-hybridized carbons (Fsp3) is 0.268. The van der Waals surface area contributed by atoms with E-state index >= 15 is 4.79 Å². The molecule has 0 radical (unpaired) electrons. The minimum absolute atomic E-state index is 0.112. The molecular formula is C41H34BrCl2N3O7. The van der Waals surface area contributed by atoms with Crippen molar-refractivity contribution in [3.63, 3.8) is 0 Å². The number of phenolic OH excluding ortho intramolecular Hbond substituents is 1. The summed E-state index contributed by atoms with van der Waals surface area (Å²) in [5, 5.41) is 12.5. The molecule has 4 aliphatic rings. The smallest absolute Gasteiger partial charge is 0.260 e. The Kier molecular flexibility index (Phi) is 9.23. The van der Waals surface area contributed by atoms with E-state index in [0.717, 1.165) is 16.1 Å². The van der Waals surface area contributed by atoms with Crippen LogP contribution in [0.3, 0.4) is 0 Å². The van der Waals surface area contributed by atoms with Gasteiger partial charge in [0.15, 0.2) is 11.5 Å². The summed E-state index contributed by atoms with van der Waals surface area (Å²) in [6.45, 7) is 0.134. The van der Waals surface area contributed by atoms with Crippen LogP contribution >= 0.6 is 39.1 Å². The third kappa shape index (κ3) is 5.50. The van der Waals surface area contributed by atoms with E-state index in [1.807, 2.05) is 36.4 Å². The van der Waals surface area contributed by atoms with E-state index in [9.17, 15) is 19.5 Å². The molecule has 0 aromatic heterocycles. The molecule has 0 spiro atoms. The summed E-state index contributed by atoms with van der Waals surface area (Å²) in [6, 6.07) is 24.5. The summed E-state index contributed by atoms with van der Waals surface area (Å²) in [5.74, 6) is -4.85. The van der Waals surface area contributed by atoms with Crippen molar-refractivity contribution >= 4 is 68.4 Å². The van der Waals surface area contributed by atoms with Crippen LogP contribution in [0.25, 0.3) is 0 Å². The second-order valence-electron chi connectivity index (χ2n) is 14.0. The average molecular weight is 832 g/mol. The van der Waals surface area contributed by atoms with Crippen LogP contribution in [0.2, 0.25) is 10.0 Å². The summed E-state index contributed by atoms with van der Waals surface area (Å²) < 4.78 is 11.4. The predicted molar refractivity (Wildman–Crippen MR) is 205 cm³/mol. The first-order valence-corrected chi connectivity index (χ1v) is 18.9. The number of allylic oxidation sites excluding steroid dienone is 2. The van der Waals surface area contributed by atoms with Crippen molar-refractivity contribution in [3.05, 3.63) is 128 Å². The number of carbonyl (C=O) groups excluding carboxylic acids is 4. The molecule has 54 heavy (non-hydrogen) atoms. The summed E-state index contributed by atoms with van der Waals surface area (Å²) in [4.78, 5) is 60.2. The van der Waals surface area contributed by atoms with Crippen LogP contribution in [0.15, 0.2) is 101 Å². The van der Waals surface area contributed by atoms with E-state index in [1.54, 1.807) is 55.6 Å². The molecule has 4 amide bonds. The SMILES string of the molecule is COc1ccc([C@@]23C(=O)N(Nc4ccc(Cl)cc4Cl)C(=O)[C@@H]2C[C@@H]2C(=CC[C@@H]4C(=O)N(Cc5ccccc5)C(=O)[C@@H]42)[C@@H]3c2cc(Br)c(O)c(OC)c2)cc1. The number of halogens is 3. The van der Waals surface area contributed by atoms with Crippen LogP contribution < -0.4 is 14.9 Å². The van der Waals surface area contributed by atoms with Gasteiger partial charge < -0.3 is 14.6 Å². The van der Waals surface area contributed by atoms with E-state index in [-0.39, 0.29) is 47.7 Å². The molecule has 3 fully saturated rings. The largest absolute Gasteiger partial charge is 0.503 e. The van der Waals surface area contributed by atoms with Crippen molar-refractivity contribution in [2.24, 2.45) is 23.7 Å². The summed E-state index contributed by atoms with van der Waals surface area (Å²) in [7, 11) is 2.97. The van der Waals surface area contributed by atoms with Crippen molar-refractivity contribution in [3.8, 4) is 17.2 Å². The maximum atomic E-state index is 15.5. The van der Waals surface area contributed by atoms with E-state index in [4.69, 9.17) is 32.7 Å². The Labute approximate surface area is 329 Å². The molecule has 4 aromatic rings. The number of phenols is 1. The van der Waals surface area contributed by atoms with Crippen LogP contribution in [0.1, 0.15) is 35.4 Å². The lowest BCUT2D eigenvalue weighted by atomic mass is 9.49. The standard InChI is InChI=1S/C41H34BrCl2N3O7/c1-53-25-11-8-23(9-12-25)41-29(38(50)47(40(41)52)45-32-15-10-24(43)18-31(32)44)19-28-26(35(41)22-16-30(42)36(48)33(17-22)54-2)13-14-27-34(28)39(51)46(37(27)49)20-21-6-4-3-5-7-21/h3-13,15-18,27-29,34-35,45,48H,14,19-20H2,1-2H3/t27-,28+,29-,34-,35-,41+/m0/s1. The Hall–Kier alpha value is -4.84. The van der Waals surface area contributed by atoms with Crippen LogP contribution in [0.5, 0.6) is 17.2 Å². The minimum Gasteiger partial charge on any atom is -0.503 e. The number of hydrogen-bond donors (Lipinski definition) is 2. The Balaban J connectivity index is 1.33. The van der Waals surface area contributed by atoms with Gasteiger partial charge in [-0.3, -0.25) is 29.5 Å². The molecule has 2 saturated heterocycles. The molecule has 8 rings (SSSR count). The first-order chi connectivity index (χ1) is 26.0. The molecule has 2 N–H and O–H groups in total. The molecule has 2 aliphatic carbocycles. The number of methoxy groups -OCH3 is 2. The fourth-order valence-corrected chi connectivity index (χ4v) is 10.0. The molecule has 0 unspecified atom stereocenters. The third-order valence-corrected chi connectivity index (χ3v) is 12.6. The van der Waals surface area contributed by atoms with Gasteiger partial charge in [-0.2, -0.15) is 5.01 Å². The maximum absolute atomic E-state index is 15.5. The van der Waals surface area contributed by atoms with Gasteiger partial charge in [0.2, 0.25) is 11.8 Å².